The summed E-state index contributed by atoms with van der Waals surface area (Å²) in [5.74, 6) is 0. The Balaban J connectivity index is 1.59. The van der Waals surface area contributed by atoms with E-state index in [4.69, 9.17) is 9.47 Å². The maximum Gasteiger partial charge on any atom is 0.322 e. The van der Waals surface area contributed by atoms with Gasteiger partial charge in [-0.05, 0) is 45.0 Å². The van der Waals surface area contributed by atoms with Crippen LogP contribution in [0.5, 0.6) is 0 Å². The molecule has 0 saturated carbocycles. The fourth-order valence-electron chi connectivity index (χ4n) is 3.35. The normalized spacial score (nSPS) is 27.9. The number of nitrogens with zero attached hydrogens (tertiary/aromatic N) is 2. The summed E-state index contributed by atoms with van der Waals surface area (Å²) in [4.78, 5) is 16.4. The minimum atomic E-state index is -0.0634. The van der Waals surface area contributed by atoms with Gasteiger partial charge in [-0.1, -0.05) is 0 Å². The molecule has 0 spiro atoms. The first-order valence-electron chi connectivity index (χ1n) is 8.69. The molecule has 2 heterocycles. The SMILES string of the molecule is C[C@@H]1CN(C(=O)Nc2ccc(N3C[C@@H](C)O[C@H](C)C3)cc2)CCO1. The van der Waals surface area contributed by atoms with Gasteiger partial charge in [-0.2, -0.15) is 0 Å². The first kappa shape index (κ1) is 17.0. The number of anilines is 2. The molecule has 0 aromatic heterocycles. The summed E-state index contributed by atoms with van der Waals surface area (Å²) in [7, 11) is 0. The first-order chi connectivity index (χ1) is 11.5. The van der Waals surface area contributed by atoms with Crippen molar-refractivity contribution in [3.8, 4) is 0 Å². The summed E-state index contributed by atoms with van der Waals surface area (Å²) in [6.45, 7) is 9.83. The highest BCUT2D eigenvalue weighted by Crippen LogP contribution is 2.22. The Labute approximate surface area is 143 Å². The summed E-state index contributed by atoms with van der Waals surface area (Å²) in [5.41, 5.74) is 1.98. The number of nitrogens with one attached hydrogen (secondary N) is 1. The molecule has 0 radical (unpaired) electrons. The maximum atomic E-state index is 12.3. The smallest absolute Gasteiger partial charge is 0.322 e. The van der Waals surface area contributed by atoms with Crippen LogP contribution >= 0.6 is 0 Å². The molecule has 3 atom stereocenters. The number of urea groups is 1. The molecule has 3 rings (SSSR count). The Hall–Kier alpha value is -1.79. The number of hydrogen-bond acceptors (Lipinski definition) is 4. The van der Waals surface area contributed by atoms with Crippen molar-refractivity contribution in [2.75, 3.05) is 43.0 Å². The van der Waals surface area contributed by atoms with Crippen LogP contribution in [-0.2, 0) is 9.47 Å². The van der Waals surface area contributed by atoms with Gasteiger partial charge in [0, 0.05) is 37.6 Å². The number of carbonyl (C=O) groups is 1. The topological polar surface area (TPSA) is 54.0 Å². The van der Waals surface area contributed by atoms with E-state index in [1.165, 1.54) is 0 Å². The average molecular weight is 333 g/mol. The minimum Gasteiger partial charge on any atom is -0.375 e. The molecule has 6 nitrogen and oxygen atoms in total. The van der Waals surface area contributed by atoms with Gasteiger partial charge in [0.25, 0.3) is 0 Å². The quantitative estimate of drug-likeness (QED) is 0.904. The summed E-state index contributed by atoms with van der Waals surface area (Å²) in [6, 6.07) is 7.97. The average Bonchev–Trinajstić information content (AvgIpc) is 2.54. The zero-order valence-electron chi connectivity index (χ0n) is 14.7. The molecule has 6 heteroatoms. The predicted molar refractivity (Wildman–Crippen MR) is 94.7 cm³/mol. The zero-order chi connectivity index (χ0) is 17.1. The second-order valence-electron chi connectivity index (χ2n) is 6.77. The van der Waals surface area contributed by atoms with Crippen molar-refractivity contribution < 1.29 is 14.3 Å². The fourth-order valence-corrected chi connectivity index (χ4v) is 3.35. The summed E-state index contributed by atoms with van der Waals surface area (Å²) >= 11 is 0. The van der Waals surface area contributed by atoms with Crippen molar-refractivity contribution in [3.63, 3.8) is 0 Å². The third-order valence-electron chi connectivity index (χ3n) is 4.43. The highest BCUT2D eigenvalue weighted by atomic mass is 16.5. The molecule has 2 aliphatic rings. The Morgan fingerprint density at radius 2 is 1.71 bits per heavy atom. The van der Waals surface area contributed by atoms with Crippen molar-refractivity contribution >= 4 is 17.4 Å². The van der Waals surface area contributed by atoms with Gasteiger partial charge < -0.3 is 24.6 Å². The number of benzene rings is 1. The van der Waals surface area contributed by atoms with Crippen LogP contribution in [0.15, 0.2) is 24.3 Å². The van der Waals surface area contributed by atoms with Crippen LogP contribution in [0.3, 0.4) is 0 Å². The predicted octanol–water partition coefficient (Wildman–Crippen LogP) is 2.55. The second-order valence-corrected chi connectivity index (χ2v) is 6.77. The zero-order valence-corrected chi connectivity index (χ0v) is 14.7. The largest absolute Gasteiger partial charge is 0.375 e. The molecule has 132 valence electrons. The number of morpholine rings is 2. The van der Waals surface area contributed by atoms with Gasteiger partial charge in [0.05, 0.1) is 24.9 Å². The number of ether oxygens (including phenoxy) is 2. The van der Waals surface area contributed by atoms with E-state index in [0.29, 0.717) is 19.7 Å². The van der Waals surface area contributed by atoms with Crippen LogP contribution in [0, 0.1) is 0 Å². The molecular formula is C18H27N3O3. The molecule has 0 aliphatic carbocycles. The number of hydrogen-bond donors (Lipinski definition) is 1. The van der Waals surface area contributed by atoms with E-state index in [9.17, 15) is 4.79 Å². The molecule has 1 N–H and O–H groups in total. The first-order valence-corrected chi connectivity index (χ1v) is 8.69. The van der Waals surface area contributed by atoms with Crippen LogP contribution in [0.4, 0.5) is 16.2 Å². The van der Waals surface area contributed by atoms with Gasteiger partial charge in [-0.15, -0.1) is 0 Å². The minimum absolute atomic E-state index is 0.0634. The molecular weight excluding hydrogens is 306 g/mol. The van der Waals surface area contributed by atoms with E-state index in [0.717, 1.165) is 24.5 Å². The molecule has 2 aliphatic heterocycles. The molecule has 24 heavy (non-hydrogen) atoms. The van der Waals surface area contributed by atoms with E-state index in [-0.39, 0.29) is 24.3 Å². The monoisotopic (exact) mass is 333 g/mol. The molecule has 1 aromatic rings. The standard InChI is InChI=1S/C18H27N3O3/c1-13-10-20(8-9-23-13)18(22)19-16-4-6-17(7-5-16)21-11-14(2)24-15(3)12-21/h4-7,13-15H,8-12H2,1-3H3,(H,19,22)/t13-,14-,15-/m1/s1. The Morgan fingerprint density at radius 1 is 1.04 bits per heavy atom. The maximum absolute atomic E-state index is 12.3. The van der Waals surface area contributed by atoms with Crippen molar-refractivity contribution in [1.29, 1.82) is 0 Å². The Bertz CT molecular complexity index is 553. The van der Waals surface area contributed by atoms with Crippen molar-refractivity contribution in [1.82, 2.24) is 4.90 Å². The van der Waals surface area contributed by atoms with E-state index in [2.05, 4.69) is 36.2 Å². The number of carbonyl (C=O) groups excluding carboxylic acids is 1. The van der Waals surface area contributed by atoms with E-state index in [1.807, 2.05) is 19.1 Å². The lowest BCUT2D eigenvalue weighted by Crippen LogP contribution is -2.46. The van der Waals surface area contributed by atoms with E-state index < -0.39 is 0 Å². The van der Waals surface area contributed by atoms with Gasteiger partial charge in [0.2, 0.25) is 0 Å². The van der Waals surface area contributed by atoms with Gasteiger partial charge in [0.15, 0.2) is 0 Å². The molecule has 0 bridgehead atoms. The lowest BCUT2D eigenvalue weighted by atomic mass is 10.2. The van der Waals surface area contributed by atoms with Crippen LogP contribution in [0.25, 0.3) is 0 Å². The third kappa shape index (κ3) is 4.19. The Morgan fingerprint density at radius 3 is 2.33 bits per heavy atom. The van der Waals surface area contributed by atoms with E-state index >= 15 is 0 Å². The lowest BCUT2D eigenvalue weighted by molar-refractivity contribution is -0.00522. The highest BCUT2D eigenvalue weighted by molar-refractivity contribution is 5.89. The van der Waals surface area contributed by atoms with Gasteiger partial charge in [-0.25, -0.2) is 4.79 Å². The second kappa shape index (κ2) is 7.40. The van der Waals surface area contributed by atoms with Crippen LogP contribution < -0.4 is 10.2 Å². The molecule has 2 saturated heterocycles. The summed E-state index contributed by atoms with van der Waals surface area (Å²) in [5, 5.41) is 2.97. The third-order valence-corrected chi connectivity index (χ3v) is 4.43. The van der Waals surface area contributed by atoms with Gasteiger partial charge in [0.1, 0.15) is 0 Å². The van der Waals surface area contributed by atoms with Gasteiger partial charge >= 0.3 is 6.03 Å². The van der Waals surface area contributed by atoms with Crippen LogP contribution in [0.2, 0.25) is 0 Å². The molecule has 2 amide bonds. The van der Waals surface area contributed by atoms with Crippen LogP contribution in [-0.4, -0.2) is 62.0 Å². The summed E-state index contributed by atoms with van der Waals surface area (Å²) in [6.07, 6.45) is 0.560. The summed E-state index contributed by atoms with van der Waals surface area (Å²) < 4.78 is 11.2. The van der Waals surface area contributed by atoms with Crippen molar-refractivity contribution in [2.45, 2.75) is 39.1 Å². The molecule has 1 aromatic carbocycles. The number of rotatable bonds is 2. The molecule has 2 fully saturated rings. The highest BCUT2D eigenvalue weighted by Gasteiger charge is 2.23. The number of amides is 2. The van der Waals surface area contributed by atoms with Gasteiger partial charge in [-0.3, -0.25) is 0 Å². The lowest BCUT2D eigenvalue weighted by Gasteiger charge is -2.37. The molecule has 0 unspecified atom stereocenters. The van der Waals surface area contributed by atoms with Crippen LogP contribution in [0.1, 0.15) is 20.8 Å². The van der Waals surface area contributed by atoms with Crippen molar-refractivity contribution in [3.05, 3.63) is 24.3 Å². The van der Waals surface area contributed by atoms with E-state index in [1.54, 1.807) is 4.90 Å². The fraction of sp³-hybridized carbons (Fsp3) is 0.611. The Kier molecular flexibility index (Phi) is 5.26. The van der Waals surface area contributed by atoms with Crippen molar-refractivity contribution in [2.24, 2.45) is 0 Å².